The highest BCUT2D eigenvalue weighted by atomic mass is 32.2. The van der Waals surface area contributed by atoms with E-state index in [1.165, 1.54) is 6.33 Å². The van der Waals surface area contributed by atoms with Crippen molar-refractivity contribution in [1.29, 1.82) is 0 Å². The quantitative estimate of drug-likeness (QED) is 0.822. The van der Waals surface area contributed by atoms with Crippen molar-refractivity contribution in [1.82, 2.24) is 15.3 Å². The summed E-state index contributed by atoms with van der Waals surface area (Å²) in [6.45, 7) is 3.43. The van der Waals surface area contributed by atoms with E-state index < -0.39 is 9.84 Å². The lowest BCUT2D eigenvalue weighted by Gasteiger charge is -2.22. The minimum Gasteiger partial charge on any atom is -0.352 e. The third kappa shape index (κ3) is 4.57. The van der Waals surface area contributed by atoms with Gasteiger partial charge in [-0.05, 0) is 18.9 Å². The van der Waals surface area contributed by atoms with Crippen molar-refractivity contribution in [2.45, 2.75) is 25.9 Å². The number of sulfone groups is 1. The Bertz CT molecular complexity index is 871. The van der Waals surface area contributed by atoms with Gasteiger partial charge in [-0.15, -0.1) is 0 Å². The third-order valence-electron chi connectivity index (χ3n) is 4.37. The van der Waals surface area contributed by atoms with Crippen LogP contribution in [0.3, 0.4) is 0 Å². The van der Waals surface area contributed by atoms with E-state index in [2.05, 4.69) is 15.3 Å². The Balaban J connectivity index is 1.71. The topological polar surface area (TPSA) is 92.3 Å². The molecule has 1 fully saturated rings. The standard InChI is InChI=1S/C18H22N4O3S/c1-2-22(11-14-6-4-3-5-7-14)17-10-16(19-13-20-17)18(23)21-15-8-9-26(24,25)12-15/h3-7,10,13,15H,2,8-9,11-12H2,1H3,(H,21,23). The number of amides is 1. The zero-order valence-corrected chi connectivity index (χ0v) is 15.4. The second-order valence-electron chi connectivity index (χ2n) is 6.33. The second kappa shape index (κ2) is 7.82. The van der Waals surface area contributed by atoms with Gasteiger partial charge in [0.25, 0.3) is 5.91 Å². The van der Waals surface area contributed by atoms with E-state index in [1.54, 1.807) is 6.07 Å². The number of benzene rings is 1. The van der Waals surface area contributed by atoms with Crippen molar-refractivity contribution in [3.8, 4) is 0 Å². The predicted octanol–water partition coefficient (Wildman–Crippen LogP) is 1.42. The van der Waals surface area contributed by atoms with Gasteiger partial charge in [0.05, 0.1) is 11.5 Å². The zero-order chi connectivity index (χ0) is 18.6. The molecule has 0 bridgehead atoms. The average molecular weight is 374 g/mol. The number of rotatable bonds is 6. The summed E-state index contributed by atoms with van der Waals surface area (Å²) in [5, 5.41) is 2.76. The van der Waals surface area contributed by atoms with Gasteiger partial charge >= 0.3 is 0 Å². The van der Waals surface area contributed by atoms with Crippen LogP contribution in [-0.2, 0) is 16.4 Å². The molecule has 0 saturated carbocycles. The summed E-state index contributed by atoms with van der Waals surface area (Å²) in [7, 11) is -3.04. The second-order valence-corrected chi connectivity index (χ2v) is 8.56. The molecule has 3 rings (SSSR count). The molecule has 1 aromatic heterocycles. The number of anilines is 1. The SMILES string of the molecule is CCN(Cc1ccccc1)c1cc(C(=O)NC2CCS(=O)(=O)C2)ncn1. The summed E-state index contributed by atoms with van der Waals surface area (Å²) in [5.41, 5.74) is 1.39. The molecule has 1 unspecified atom stereocenters. The first-order valence-electron chi connectivity index (χ1n) is 8.59. The number of carbonyl (C=O) groups excluding carboxylic acids is 1. The van der Waals surface area contributed by atoms with E-state index in [-0.39, 0.29) is 29.1 Å². The lowest BCUT2D eigenvalue weighted by atomic mass is 10.2. The van der Waals surface area contributed by atoms with Crippen LogP contribution in [0.5, 0.6) is 0 Å². The number of nitrogens with one attached hydrogen (secondary N) is 1. The highest BCUT2D eigenvalue weighted by molar-refractivity contribution is 7.91. The average Bonchev–Trinajstić information content (AvgIpc) is 2.99. The van der Waals surface area contributed by atoms with Crippen LogP contribution in [0.15, 0.2) is 42.7 Å². The van der Waals surface area contributed by atoms with Gasteiger partial charge in [-0.2, -0.15) is 0 Å². The first kappa shape index (κ1) is 18.3. The summed E-state index contributed by atoms with van der Waals surface area (Å²) < 4.78 is 23.1. The highest BCUT2D eigenvalue weighted by Crippen LogP contribution is 2.16. The molecule has 1 aliphatic rings. The lowest BCUT2D eigenvalue weighted by Crippen LogP contribution is -2.36. The van der Waals surface area contributed by atoms with Crippen LogP contribution in [0.4, 0.5) is 5.82 Å². The fourth-order valence-electron chi connectivity index (χ4n) is 2.97. The van der Waals surface area contributed by atoms with E-state index >= 15 is 0 Å². The molecule has 1 N–H and O–H groups in total. The molecule has 26 heavy (non-hydrogen) atoms. The van der Waals surface area contributed by atoms with Crippen LogP contribution in [-0.4, -0.2) is 48.4 Å². The van der Waals surface area contributed by atoms with Gasteiger partial charge < -0.3 is 10.2 Å². The first-order valence-corrected chi connectivity index (χ1v) is 10.4. The molecular weight excluding hydrogens is 352 g/mol. The van der Waals surface area contributed by atoms with E-state index in [9.17, 15) is 13.2 Å². The predicted molar refractivity (Wildman–Crippen MR) is 99.7 cm³/mol. The molecule has 0 aliphatic carbocycles. The van der Waals surface area contributed by atoms with Gasteiger partial charge in [0, 0.05) is 25.2 Å². The van der Waals surface area contributed by atoms with Crippen molar-refractivity contribution in [2.24, 2.45) is 0 Å². The fourth-order valence-corrected chi connectivity index (χ4v) is 4.64. The maximum Gasteiger partial charge on any atom is 0.270 e. The summed E-state index contributed by atoms with van der Waals surface area (Å²) in [6, 6.07) is 11.3. The van der Waals surface area contributed by atoms with E-state index in [1.807, 2.05) is 42.2 Å². The molecular formula is C18H22N4O3S. The first-order chi connectivity index (χ1) is 12.5. The van der Waals surface area contributed by atoms with Gasteiger partial charge in [0.1, 0.15) is 17.8 Å². The number of aromatic nitrogens is 2. The molecule has 1 atom stereocenters. The minimum atomic E-state index is -3.04. The lowest BCUT2D eigenvalue weighted by molar-refractivity contribution is 0.0936. The molecule has 2 heterocycles. The minimum absolute atomic E-state index is 0.00816. The van der Waals surface area contributed by atoms with Crippen molar-refractivity contribution in [2.75, 3.05) is 23.0 Å². The van der Waals surface area contributed by atoms with Crippen molar-refractivity contribution >= 4 is 21.6 Å². The molecule has 2 aromatic rings. The molecule has 0 spiro atoms. The largest absolute Gasteiger partial charge is 0.352 e. The van der Waals surface area contributed by atoms with Gasteiger partial charge in [0.2, 0.25) is 0 Å². The number of carbonyl (C=O) groups is 1. The normalized spacial score (nSPS) is 18.4. The molecule has 8 heteroatoms. The Morgan fingerprint density at radius 1 is 1.27 bits per heavy atom. The zero-order valence-electron chi connectivity index (χ0n) is 14.6. The van der Waals surface area contributed by atoms with Crippen LogP contribution in [0, 0.1) is 0 Å². The van der Waals surface area contributed by atoms with Gasteiger partial charge in [0.15, 0.2) is 9.84 Å². The Morgan fingerprint density at radius 2 is 2.04 bits per heavy atom. The molecule has 1 aliphatic heterocycles. The van der Waals surface area contributed by atoms with Gasteiger partial charge in [-0.25, -0.2) is 18.4 Å². The van der Waals surface area contributed by atoms with E-state index in [0.29, 0.717) is 18.8 Å². The van der Waals surface area contributed by atoms with Crippen LogP contribution < -0.4 is 10.2 Å². The Kier molecular flexibility index (Phi) is 5.51. The summed E-state index contributed by atoms with van der Waals surface area (Å²) >= 11 is 0. The molecule has 138 valence electrons. The number of nitrogens with zero attached hydrogens (tertiary/aromatic N) is 3. The number of hydrogen-bond donors (Lipinski definition) is 1. The van der Waals surface area contributed by atoms with Crippen LogP contribution in [0.25, 0.3) is 0 Å². The van der Waals surface area contributed by atoms with Crippen molar-refractivity contribution in [3.05, 3.63) is 54.0 Å². The van der Waals surface area contributed by atoms with Crippen LogP contribution in [0.1, 0.15) is 29.4 Å². The summed E-state index contributed by atoms with van der Waals surface area (Å²) in [6.07, 6.45) is 1.81. The van der Waals surface area contributed by atoms with Crippen molar-refractivity contribution in [3.63, 3.8) is 0 Å². The van der Waals surface area contributed by atoms with E-state index in [4.69, 9.17) is 0 Å². The Labute approximate surface area is 153 Å². The van der Waals surface area contributed by atoms with E-state index in [0.717, 1.165) is 12.1 Å². The highest BCUT2D eigenvalue weighted by Gasteiger charge is 2.29. The third-order valence-corrected chi connectivity index (χ3v) is 6.14. The molecule has 7 nitrogen and oxygen atoms in total. The molecule has 1 aromatic carbocycles. The van der Waals surface area contributed by atoms with Gasteiger partial charge in [-0.1, -0.05) is 30.3 Å². The molecule has 1 amide bonds. The fraction of sp³-hybridized carbons (Fsp3) is 0.389. The van der Waals surface area contributed by atoms with Crippen LogP contribution >= 0.6 is 0 Å². The maximum atomic E-state index is 12.4. The Hall–Kier alpha value is -2.48. The Morgan fingerprint density at radius 3 is 2.69 bits per heavy atom. The summed E-state index contributed by atoms with van der Waals surface area (Å²) in [5.74, 6) is 0.404. The number of hydrogen-bond acceptors (Lipinski definition) is 6. The summed E-state index contributed by atoms with van der Waals surface area (Å²) in [4.78, 5) is 22.8. The molecule has 1 saturated heterocycles. The van der Waals surface area contributed by atoms with Crippen molar-refractivity contribution < 1.29 is 13.2 Å². The smallest absolute Gasteiger partial charge is 0.270 e. The van der Waals surface area contributed by atoms with Crippen LogP contribution in [0.2, 0.25) is 0 Å². The monoisotopic (exact) mass is 374 g/mol. The van der Waals surface area contributed by atoms with Gasteiger partial charge in [-0.3, -0.25) is 4.79 Å². The molecule has 0 radical (unpaired) electrons. The maximum absolute atomic E-state index is 12.4.